The monoisotopic (exact) mass is 820 g/mol. The number of carbonyl (C=O) groups excluding carboxylic acids is 3. The summed E-state index contributed by atoms with van der Waals surface area (Å²) >= 11 is 0. The summed E-state index contributed by atoms with van der Waals surface area (Å²) in [5, 5.41) is 20.4. The second kappa shape index (κ2) is 20.0. The largest absolute Gasteiger partial charge is 0.506 e. The minimum absolute atomic E-state index is 0.0513. The summed E-state index contributed by atoms with van der Waals surface area (Å²) in [6.07, 6.45) is 2.47. The molecule has 5 N–H and O–H groups in total. The lowest BCUT2D eigenvalue weighted by Crippen LogP contribution is -2.40. The number of rotatable bonds is 15. The van der Waals surface area contributed by atoms with Crippen molar-refractivity contribution < 1.29 is 24.2 Å². The first-order valence-corrected chi connectivity index (χ1v) is 20.8. The number of aromatic hydroxyl groups is 1. The lowest BCUT2D eigenvalue weighted by atomic mass is 10.0. The fourth-order valence-corrected chi connectivity index (χ4v) is 7.77. The summed E-state index contributed by atoms with van der Waals surface area (Å²) in [6.45, 7) is 5.37. The number of piperidine rings is 1. The van der Waals surface area contributed by atoms with Crippen LogP contribution in [0, 0.1) is 6.92 Å². The van der Waals surface area contributed by atoms with E-state index in [1.807, 2.05) is 97.9 Å². The first-order chi connectivity index (χ1) is 29.6. The number of nitrogens with one attached hydrogen (secondary N) is 4. The maximum atomic E-state index is 13.4. The van der Waals surface area contributed by atoms with Crippen molar-refractivity contribution in [2.24, 2.45) is 0 Å². The van der Waals surface area contributed by atoms with Crippen LogP contribution < -0.4 is 26.4 Å². The molecule has 1 aliphatic heterocycles. The number of aromatic amines is 1. The molecule has 1 fully saturated rings. The Morgan fingerprint density at radius 1 is 0.836 bits per heavy atom. The number of aromatic nitrogens is 1. The lowest BCUT2D eigenvalue weighted by Gasteiger charge is -2.32. The Kier molecular flexibility index (Phi) is 13.9. The number of nitrogens with zero attached hydrogens (tertiary/aromatic N) is 2. The average Bonchev–Trinajstić information content (AvgIpc) is 3.27. The van der Waals surface area contributed by atoms with E-state index in [1.54, 1.807) is 36.2 Å². The summed E-state index contributed by atoms with van der Waals surface area (Å²) in [4.78, 5) is 58.0. The first kappa shape index (κ1) is 42.4. The van der Waals surface area contributed by atoms with Gasteiger partial charge in [0.1, 0.15) is 11.9 Å². The van der Waals surface area contributed by atoms with E-state index < -0.39 is 6.09 Å². The third kappa shape index (κ3) is 11.1. The Hall–Kier alpha value is -6.76. The summed E-state index contributed by atoms with van der Waals surface area (Å²) in [5.74, 6) is -0.264. The van der Waals surface area contributed by atoms with Crippen molar-refractivity contribution in [3.8, 4) is 16.9 Å². The number of H-pyrrole nitrogens is 1. The zero-order valence-electron chi connectivity index (χ0n) is 34.6. The summed E-state index contributed by atoms with van der Waals surface area (Å²) in [6, 6.07) is 37.4. The number of benzene rings is 5. The molecule has 61 heavy (non-hydrogen) atoms. The van der Waals surface area contributed by atoms with E-state index in [9.17, 15) is 24.3 Å². The molecule has 1 saturated heterocycles. The van der Waals surface area contributed by atoms with E-state index in [2.05, 4.69) is 25.8 Å². The second-order valence-electron chi connectivity index (χ2n) is 15.4. The molecule has 1 aromatic heterocycles. The highest BCUT2D eigenvalue weighted by atomic mass is 16.6. The van der Waals surface area contributed by atoms with Crippen LogP contribution in [0.2, 0.25) is 0 Å². The predicted octanol–water partition coefficient (Wildman–Crippen LogP) is 7.90. The van der Waals surface area contributed by atoms with Crippen LogP contribution in [-0.4, -0.2) is 78.8 Å². The third-order valence-corrected chi connectivity index (χ3v) is 11.2. The molecule has 1 aliphatic rings. The SMILES string of the molecule is Cc1ccc(C(=O)Nc2cccc(CCNCCc3ccc(O)c4[nH]c(=O)ccc34)c2)cc1N(C)C(=O)CCN1CCC(OC(=O)Nc2ccccc2-c2ccccc2)CC1. The molecule has 0 radical (unpaired) electrons. The zero-order valence-corrected chi connectivity index (χ0v) is 34.6. The number of hydrogen-bond acceptors (Lipinski definition) is 8. The van der Waals surface area contributed by atoms with E-state index >= 15 is 0 Å². The standard InChI is InChI=1S/C49H52N6O6/c1-33-15-16-37(48(59)51-38-12-8-9-34(31-38)21-26-50-27-22-36-17-19-44(56)47-41(36)18-20-45(57)53-47)32-43(33)54(2)46(58)25-30-55-28-23-39(24-29-55)61-49(60)52-42-14-7-6-13-40(42)35-10-4-3-5-11-35/h3-20,31-32,39,50,56H,21-30H2,1-2H3,(H,51,59)(H,52,60)(H,53,57). The molecule has 6 aromatic rings. The topological polar surface area (TPSA) is 156 Å². The molecule has 7 rings (SSSR count). The van der Waals surface area contributed by atoms with E-state index in [0.717, 1.165) is 52.6 Å². The average molecular weight is 821 g/mol. The Balaban J connectivity index is 0.841. The van der Waals surface area contributed by atoms with Crippen LogP contribution in [-0.2, 0) is 22.4 Å². The third-order valence-electron chi connectivity index (χ3n) is 11.2. The maximum Gasteiger partial charge on any atom is 0.411 e. The minimum Gasteiger partial charge on any atom is -0.506 e. The zero-order chi connectivity index (χ0) is 42.7. The number of fused-ring (bicyclic) bond motifs is 1. The fraction of sp³-hybridized carbons (Fsp3) is 0.265. The predicted molar refractivity (Wildman–Crippen MR) is 242 cm³/mol. The van der Waals surface area contributed by atoms with Gasteiger partial charge in [0.25, 0.3) is 5.91 Å². The Labute approximate surface area is 355 Å². The van der Waals surface area contributed by atoms with Crippen LogP contribution in [0.15, 0.2) is 126 Å². The van der Waals surface area contributed by atoms with Gasteiger partial charge in [0.15, 0.2) is 0 Å². The van der Waals surface area contributed by atoms with E-state index in [-0.39, 0.29) is 29.2 Å². The van der Waals surface area contributed by atoms with Crippen molar-refractivity contribution in [1.29, 1.82) is 0 Å². The number of ether oxygens (including phenoxy) is 1. The number of pyridine rings is 1. The van der Waals surface area contributed by atoms with Gasteiger partial charge >= 0.3 is 6.09 Å². The summed E-state index contributed by atoms with van der Waals surface area (Å²) in [5.41, 5.74) is 7.62. The number of phenols is 1. The van der Waals surface area contributed by atoms with Crippen molar-refractivity contribution in [3.05, 3.63) is 154 Å². The van der Waals surface area contributed by atoms with Crippen molar-refractivity contribution >= 4 is 45.9 Å². The van der Waals surface area contributed by atoms with E-state index in [4.69, 9.17) is 4.74 Å². The fourth-order valence-electron chi connectivity index (χ4n) is 7.77. The molecule has 0 saturated carbocycles. The molecule has 2 heterocycles. The number of anilines is 3. The number of aryl methyl sites for hydroxylation is 1. The van der Waals surface area contributed by atoms with Crippen LogP contribution in [0.1, 0.15) is 46.3 Å². The number of para-hydroxylation sites is 1. The van der Waals surface area contributed by atoms with Crippen LogP contribution in [0.4, 0.5) is 21.9 Å². The van der Waals surface area contributed by atoms with Gasteiger partial charge in [-0.2, -0.15) is 0 Å². The van der Waals surface area contributed by atoms with E-state index in [1.165, 1.54) is 6.07 Å². The smallest absolute Gasteiger partial charge is 0.411 e. The van der Waals surface area contributed by atoms with Crippen LogP contribution >= 0.6 is 0 Å². The Bertz CT molecular complexity index is 2550. The van der Waals surface area contributed by atoms with Crippen molar-refractivity contribution in [3.63, 3.8) is 0 Å². The van der Waals surface area contributed by atoms with E-state index in [0.29, 0.717) is 73.6 Å². The molecule has 12 heteroatoms. The lowest BCUT2D eigenvalue weighted by molar-refractivity contribution is -0.118. The summed E-state index contributed by atoms with van der Waals surface area (Å²) < 4.78 is 5.79. The quantitative estimate of drug-likeness (QED) is 0.0655. The van der Waals surface area contributed by atoms with Gasteiger partial charge in [-0.25, -0.2) is 4.79 Å². The molecule has 0 bridgehead atoms. The number of phenolic OH excluding ortho intramolecular Hbond substituents is 1. The molecule has 5 aromatic carbocycles. The van der Waals surface area contributed by atoms with Gasteiger partial charge in [-0.15, -0.1) is 0 Å². The number of likely N-dealkylation sites (tertiary alicyclic amines) is 1. The molecular formula is C49H52N6O6. The van der Waals surface area contributed by atoms with Gasteiger partial charge in [-0.05, 0) is 110 Å². The van der Waals surface area contributed by atoms with Crippen molar-refractivity contribution in [2.45, 2.75) is 45.1 Å². The van der Waals surface area contributed by atoms with Crippen LogP contribution in [0.3, 0.4) is 0 Å². The highest BCUT2D eigenvalue weighted by molar-refractivity contribution is 6.06. The normalized spacial score (nSPS) is 13.1. The van der Waals surface area contributed by atoms with Crippen LogP contribution in [0.25, 0.3) is 22.0 Å². The number of hydrogen-bond donors (Lipinski definition) is 5. The maximum absolute atomic E-state index is 13.4. The second-order valence-corrected chi connectivity index (χ2v) is 15.4. The number of carbonyl (C=O) groups is 3. The van der Waals surface area contributed by atoms with Crippen LogP contribution in [0.5, 0.6) is 5.75 Å². The van der Waals surface area contributed by atoms with Gasteiger partial charge in [-0.3, -0.25) is 19.7 Å². The molecule has 3 amide bonds. The molecule has 0 unspecified atom stereocenters. The molecule has 12 nitrogen and oxygen atoms in total. The van der Waals surface area contributed by atoms with Gasteiger partial charge < -0.3 is 35.3 Å². The molecular weight excluding hydrogens is 769 g/mol. The van der Waals surface area contributed by atoms with Crippen molar-refractivity contribution in [2.75, 3.05) is 55.3 Å². The highest BCUT2D eigenvalue weighted by Crippen LogP contribution is 2.29. The molecule has 0 spiro atoms. The molecule has 314 valence electrons. The first-order valence-electron chi connectivity index (χ1n) is 20.8. The van der Waals surface area contributed by atoms with Gasteiger partial charge in [0, 0.05) is 67.1 Å². The van der Waals surface area contributed by atoms with Gasteiger partial charge in [0.2, 0.25) is 11.5 Å². The van der Waals surface area contributed by atoms with Gasteiger partial charge in [-0.1, -0.05) is 72.8 Å². The minimum atomic E-state index is -0.474. The number of amides is 3. The highest BCUT2D eigenvalue weighted by Gasteiger charge is 2.24. The molecule has 0 aliphatic carbocycles. The Morgan fingerprint density at radius 2 is 1.61 bits per heavy atom. The van der Waals surface area contributed by atoms with Crippen molar-refractivity contribution in [1.82, 2.24) is 15.2 Å². The van der Waals surface area contributed by atoms with Gasteiger partial charge in [0.05, 0.1) is 11.2 Å². The summed E-state index contributed by atoms with van der Waals surface area (Å²) in [7, 11) is 1.74. The Morgan fingerprint density at radius 3 is 2.43 bits per heavy atom. The molecule has 0 atom stereocenters.